The molecule has 0 aliphatic carbocycles. The molecule has 0 atom stereocenters. The van der Waals surface area contributed by atoms with E-state index in [-0.39, 0.29) is 23.8 Å². The molecule has 0 amide bonds. The highest BCUT2D eigenvalue weighted by Crippen LogP contribution is 2.28. The van der Waals surface area contributed by atoms with E-state index in [0.717, 1.165) is 16.7 Å². The molecule has 1 fully saturated rings. The van der Waals surface area contributed by atoms with Gasteiger partial charge >= 0.3 is 0 Å². The molecule has 192 valence electrons. The highest BCUT2D eigenvalue weighted by molar-refractivity contribution is 7.89. The molecule has 0 aromatic heterocycles. The normalized spacial score (nSPS) is 17.3. The lowest BCUT2D eigenvalue weighted by Crippen LogP contribution is -2.41. The number of carbonyl (C=O) groups is 1. The fourth-order valence-electron chi connectivity index (χ4n) is 4.39. The van der Waals surface area contributed by atoms with Gasteiger partial charge < -0.3 is 0 Å². The van der Waals surface area contributed by atoms with Gasteiger partial charge in [0.2, 0.25) is 10.0 Å². The average molecular weight is 514 g/mol. The first-order chi connectivity index (χ1) is 17.5. The Kier molecular flexibility index (Phi) is 7.96. The smallest absolute Gasteiger partial charge is 0.243 e. The summed E-state index contributed by atoms with van der Waals surface area (Å²) in [6.07, 6.45) is 3.64. The molecule has 3 aromatic rings. The van der Waals surface area contributed by atoms with Gasteiger partial charge in [-0.05, 0) is 65.3 Å². The van der Waals surface area contributed by atoms with E-state index < -0.39 is 10.0 Å². The molecular weight excluding hydrogens is 478 g/mol. The first kappa shape index (κ1) is 26.8. The van der Waals surface area contributed by atoms with Crippen LogP contribution in [0.25, 0.3) is 12.2 Å². The van der Waals surface area contributed by atoms with Crippen LogP contribution in [0.5, 0.6) is 0 Å². The topological polar surface area (TPSA) is 54.5 Å². The van der Waals surface area contributed by atoms with Crippen LogP contribution in [0.1, 0.15) is 67.3 Å². The fourth-order valence-corrected chi connectivity index (χ4v) is 5.79. The van der Waals surface area contributed by atoms with Gasteiger partial charge in [-0.25, -0.2) is 8.42 Å². The SMILES string of the molecule is Cc1ccc(S(=O)(=O)N2C/C(=C\c3ccc(C(C)C)cc3)C(=O)/C(=C/c3ccc(C(C)C)cc3)C2)cc1. The average Bonchev–Trinajstić information content (AvgIpc) is 2.87. The van der Waals surface area contributed by atoms with Crippen molar-refractivity contribution in [1.29, 1.82) is 0 Å². The van der Waals surface area contributed by atoms with E-state index in [0.29, 0.717) is 23.0 Å². The second-order valence-corrected chi connectivity index (χ2v) is 12.3. The second kappa shape index (κ2) is 11.0. The highest BCUT2D eigenvalue weighted by atomic mass is 32.2. The summed E-state index contributed by atoms with van der Waals surface area (Å²) in [6, 6.07) is 23.0. The number of nitrogens with zero attached hydrogens (tertiary/aromatic N) is 1. The summed E-state index contributed by atoms with van der Waals surface area (Å²) in [5, 5.41) is 0. The van der Waals surface area contributed by atoms with Crippen molar-refractivity contribution in [1.82, 2.24) is 4.31 Å². The molecule has 5 heteroatoms. The number of piperidine rings is 1. The molecule has 1 aliphatic rings. The van der Waals surface area contributed by atoms with Crippen molar-refractivity contribution in [2.75, 3.05) is 13.1 Å². The largest absolute Gasteiger partial charge is 0.289 e. The third-order valence-electron chi connectivity index (χ3n) is 6.82. The molecule has 4 rings (SSSR count). The molecular formula is C32H35NO3S. The van der Waals surface area contributed by atoms with Gasteiger partial charge in [0.25, 0.3) is 0 Å². The summed E-state index contributed by atoms with van der Waals surface area (Å²) in [5.74, 6) is 0.700. The Morgan fingerprint density at radius 1 is 0.676 bits per heavy atom. The highest BCUT2D eigenvalue weighted by Gasteiger charge is 2.34. The van der Waals surface area contributed by atoms with Gasteiger partial charge in [-0.1, -0.05) is 93.9 Å². The summed E-state index contributed by atoms with van der Waals surface area (Å²) in [5.41, 5.74) is 6.10. The Bertz CT molecular complexity index is 1350. The molecule has 0 N–H and O–H groups in total. The maximum atomic E-state index is 13.6. The number of aryl methyl sites for hydroxylation is 1. The Balaban J connectivity index is 1.75. The Morgan fingerprint density at radius 3 is 1.46 bits per heavy atom. The number of sulfonamides is 1. The lowest BCUT2D eigenvalue weighted by Gasteiger charge is -2.29. The van der Waals surface area contributed by atoms with Crippen molar-refractivity contribution in [3.63, 3.8) is 0 Å². The van der Waals surface area contributed by atoms with E-state index >= 15 is 0 Å². The van der Waals surface area contributed by atoms with Crippen molar-refractivity contribution < 1.29 is 13.2 Å². The Hall–Kier alpha value is -3.28. The third kappa shape index (κ3) is 6.17. The molecule has 0 saturated carbocycles. The minimum Gasteiger partial charge on any atom is -0.289 e. The van der Waals surface area contributed by atoms with Crippen molar-refractivity contribution in [3.8, 4) is 0 Å². The zero-order chi connectivity index (χ0) is 26.7. The maximum Gasteiger partial charge on any atom is 0.243 e. The lowest BCUT2D eigenvalue weighted by molar-refractivity contribution is -0.113. The first-order valence-electron chi connectivity index (χ1n) is 12.8. The minimum atomic E-state index is -3.79. The van der Waals surface area contributed by atoms with Gasteiger partial charge in [0.15, 0.2) is 5.78 Å². The van der Waals surface area contributed by atoms with E-state index in [1.165, 1.54) is 15.4 Å². The lowest BCUT2D eigenvalue weighted by atomic mass is 9.94. The number of carbonyl (C=O) groups excluding carboxylic acids is 1. The van der Waals surface area contributed by atoms with E-state index in [1.807, 2.05) is 43.3 Å². The quantitative estimate of drug-likeness (QED) is 0.334. The molecule has 1 heterocycles. The molecule has 3 aromatic carbocycles. The zero-order valence-electron chi connectivity index (χ0n) is 22.2. The second-order valence-electron chi connectivity index (χ2n) is 10.4. The van der Waals surface area contributed by atoms with Gasteiger partial charge in [0.1, 0.15) is 0 Å². The number of benzene rings is 3. The van der Waals surface area contributed by atoms with Gasteiger partial charge in [-0.3, -0.25) is 4.79 Å². The summed E-state index contributed by atoms with van der Waals surface area (Å²) in [4.78, 5) is 13.8. The number of Topliss-reactive ketones (excluding diaryl/α,β-unsaturated/α-hetero) is 1. The van der Waals surface area contributed by atoms with Crippen LogP contribution >= 0.6 is 0 Å². The van der Waals surface area contributed by atoms with Crippen LogP contribution in [0.15, 0.2) is 88.8 Å². The van der Waals surface area contributed by atoms with Crippen LogP contribution in [0.2, 0.25) is 0 Å². The van der Waals surface area contributed by atoms with Crippen LogP contribution in [0, 0.1) is 6.92 Å². The summed E-state index contributed by atoms with van der Waals surface area (Å²) < 4.78 is 28.6. The van der Waals surface area contributed by atoms with E-state index in [4.69, 9.17) is 0 Å². The van der Waals surface area contributed by atoms with Crippen molar-refractivity contribution >= 4 is 28.0 Å². The van der Waals surface area contributed by atoms with Gasteiger partial charge in [-0.15, -0.1) is 0 Å². The van der Waals surface area contributed by atoms with Gasteiger partial charge in [0.05, 0.1) is 4.90 Å². The molecule has 0 spiro atoms. The van der Waals surface area contributed by atoms with Crippen molar-refractivity contribution in [3.05, 3.63) is 112 Å². The van der Waals surface area contributed by atoms with E-state index in [9.17, 15) is 13.2 Å². The van der Waals surface area contributed by atoms with Gasteiger partial charge in [0, 0.05) is 24.2 Å². The molecule has 0 radical (unpaired) electrons. The Morgan fingerprint density at radius 2 is 1.08 bits per heavy atom. The third-order valence-corrected chi connectivity index (χ3v) is 8.63. The number of rotatable bonds is 6. The number of hydrogen-bond donors (Lipinski definition) is 0. The van der Waals surface area contributed by atoms with E-state index in [2.05, 4.69) is 52.0 Å². The van der Waals surface area contributed by atoms with Crippen LogP contribution in [-0.2, 0) is 14.8 Å². The molecule has 0 bridgehead atoms. The first-order valence-corrected chi connectivity index (χ1v) is 14.2. The van der Waals surface area contributed by atoms with Crippen LogP contribution in [0.4, 0.5) is 0 Å². The fraction of sp³-hybridized carbons (Fsp3) is 0.281. The minimum absolute atomic E-state index is 0.0323. The predicted octanol–water partition coefficient (Wildman–Crippen LogP) is 6.98. The predicted molar refractivity (Wildman–Crippen MR) is 152 cm³/mol. The molecule has 1 aliphatic heterocycles. The Labute approximate surface area is 221 Å². The maximum absolute atomic E-state index is 13.6. The zero-order valence-corrected chi connectivity index (χ0v) is 23.0. The van der Waals surface area contributed by atoms with Crippen LogP contribution in [-0.4, -0.2) is 31.6 Å². The number of ketones is 1. The van der Waals surface area contributed by atoms with Crippen LogP contribution < -0.4 is 0 Å². The number of hydrogen-bond acceptors (Lipinski definition) is 3. The van der Waals surface area contributed by atoms with Crippen molar-refractivity contribution in [2.24, 2.45) is 0 Å². The molecule has 4 nitrogen and oxygen atoms in total. The van der Waals surface area contributed by atoms with Crippen molar-refractivity contribution in [2.45, 2.75) is 51.3 Å². The summed E-state index contributed by atoms with van der Waals surface area (Å²) >= 11 is 0. The monoisotopic (exact) mass is 513 g/mol. The standard InChI is InChI=1S/C32H35NO3S/c1-22(2)27-12-8-25(9-13-27)18-29-20-33(37(35,36)31-16-6-24(5)7-17-31)21-30(32(29)34)19-26-10-14-28(15-11-26)23(3)4/h6-19,22-23H,20-21H2,1-5H3/b29-18+,30-19+. The summed E-state index contributed by atoms with van der Waals surface area (Å²) in [7, 11) is -3.79. The molecule has 37 heavy (non-hydrogen) atoms. The van der Waals surface area contributed by atoms with E-state index in [1.54, 1.807) is 24.3 Å². The van der Waals surface area contributed by atoms with Gasteiger partial charge in [-0.2, -0.15) is 4.31 Å². The summed E-state index contributed by atoms with van der Waals surface area (Å²) in [6.45, 7) is 10.5. The molecule has 0 unspecified atom stereocenters. The van der Waals surface area contributed by atoms with Crippen LogP contribution in [0.3, 0.4) is 0 Å². The molecule has 1 saturated heterocycles.